The van der Waals surface area contributed by atoms with Crippen LogP contribution in [0.1, 0.15) is 0 Å². The van der Waals surface area contributed by atoms with Crippen molar-refractivity contribution >= 4 is 0 Å². The van der Waals surface area contributed by atoms with Gasteiger partial charge in [-0.3, -0.25) is 0 Å². The normalized spacial score (nSPS) is 6.67. The predicted octanol–water partition coefficient (Wildman–Crippen LogP) is -3.39. The molecule has 0 saturated heterocycles. The van der Waals surface area contributed by atoms with Gasteiger partial charge in [0.1, 0.15) is 0 Å². The minimum absolute atomic E-state index is 0. The van der Waals surface area contributed by atoms with Crippen molar-refractivity contribution in [1.82, 2.24) is 0 Å². The Kier molecular flexibility index (Phi) is 42.8. The van der Waals surface area contributed by atoms with Gasteiger partial charge in [-0.2, -0.15) is 0 Å². The average Bonchev–Trinajstić information content (AvgIpc) is 1.88. The van der Waals surface area contributed by atoms with E-state index in [9.17, 15) is 10.2 Å². The van der Waals surface area contributed by atoms with Gasteiger partial charge in [0, 0.05) is 0 Å². The van der Waals surface area contributed by atoms with Gasteiger partial charge in [0.25, 0.3) is 0 Å². The Labute approximate surface area is 65.7 Å². The number of hydrogen-bond acceptors (Lipinski definition) is 4. The second kappa shape index (κ2) is 23.8. The Balaban J connectivity index is -0.0000000720. The molecule has 9 heavy (non-hydrogen) atoms. The SMILES string of the molecule is NCC[O-].NCC[O-].[Cu+2]. The van der Waals surface area contributed by atoms with Gasteiger partial charge in [0.15, 0.2) is 0 Å². The van der Waals surface area contributed by atoms with Crippen molar-refractivity contribution in [3.8, 4) is 0 Å². The second-order valence-electron chi connectivity index (χ2n) is 0.986. The van der Waals surface area contributed by atoms with E-state index in [1.807, 2.05) is 0 Å². The van der Waals surface area contributed by atoms with Gasteiger partial charge in [-0.05, 0) is 13.1 Å². The molecule has 5 heteroatoms. The van der Waals surface area contributed by atoms with Gasteiger partial charge in [-0.25, -0.2) is 0 Å². The van der Waals surface area contributed by atoms with E-state index < -0.39 is 0 Å². The van der Waals surface area contributed by atoms with Gasteiger partial charge >= 0.3 is 17.1 Å². The first kappa shape index (κ1) is 16.2. The zero-order valence-electron chi connectivity index (χ0n) is 5.10. The largest absolute Gasteiger partial charge is 2.00 e. The van der Waals surface area contributed by atoms with Crippen LogP contribution < -0.4 is 21.7 Å². The molecule has 0 aliphatic rings. The average molecular weight is 184 g/mol. The molecule has 0 saturated carbocycles. The summed E-state index contributed by atoms with van der Waals surface area (Å²) < 4.78 is 0. The summed E-state index contributed by atoms with van der Waals surface area (Å²) in [6.45, 7) is 0.222. The van der Waals surface area contributed by atoms with Gasteiger partial charge in [-0.15, -0.1) is 13.2 Å². The van der Waals surface area contributed by atoms with Crippen molar-refractivity contribution in [2.75, 3.05) is 26.3 Å². The van der Waals surface area contributed by atoms with Crippen molar-refractivity contribution in [3.63, 3.8) is 0 Å². The Hall–Kier alpha value is 0.359. The summed E-state index contributed by atoms with van der Waals surface area (Å²) in [5.41, 5.74) is 9.43. The molecule has 0 amide bonds. The fourth-order valence-electron chi connectivity index (χ4n) is 0. The molecule has 61 valence electrons. The van der Waals surface area contributed by atoms with Crippen molar-refractivity contribution in [2.45, 2.75) is 0 Å². The van der Waals surface area contributed by atoms with Crippen LogP contribution in [0.4, 0.5) is 0 Å². The van der Waals surface area contributed by atoms with Crippen LogP contribution in [0.2, 0.25) is 0 Å². The van der Waals surface area contributed by atoms with Crippen molar-refractivity contribution < 1.29 is 27.3 Å². The van der Waals surface area contributed by atoms with E-state index in [-0.39, 0.29) is 43.4 Å². The van der Waals surface area contributed by atoms with Gasteiger partial charge in [0.2, 0.25) is 0 Å². The molecule has 0 aromatic heterocycles. The van der Waals surface area contributed by atoms with E-state index in [1.54, 1.807) is 0 Å². The zero-order chi connectivity index (χ0) is 6.83. The molecule has 0 aliphatic carbocycles. The standard InChI is InChI=1S/2C2H6NO.Cu/c2*3-1-2-4;/h2*1-3H2;/q2*-1;+2. The Morgan fingerprint density at radius 3 is 1.00 bits per heavy atom. The van der Waals surface area contributed by atoms with Crippen LogP contribution in [0.25, 0.3) is 0 Å². The molecule has 0 fully saturated rings. The quantitative estimate of drug-likeness (QED) is 0.437. The summed E-state index contributed by atoms with van der Waals surface area (Å²) in [6.07, 6.45) is 0. The third-order valence-corrected chi connectivity index (χ3v) is 0.236. The molecular weight excluding hydrogens is 172 g/mol. The van der Waals surface area contributed by atoms with E-state index >= 15 is 0 Å². The third kappa shape index (κ3) is 60.7. The minimum atomic E-state index is -0.153. The fraction of sp³-hybridized carbons (Fsp3) is 1.00. The summed E-state index contributed by atoms with van der Waals surface area (Å²) in [6, 6.07) is 0. The van der Waals surface area contributed by atoms with Crippen LogP contribution in [0.5, 0.6) is 0 Å². The molecule has 0 heterocycles. The number of rotatable bonds is 2. The Morgan fingerprint density at radius 1 is 0.889 bits per heavy atom. The Bertz CT molecular complexity index is 24.5. The van der Waals surface area contributed by atoms with Crippen molar-refractivity contribution in [3.05, 3.63) is 0 Å². The molecule has 0 unspecified atom stereocenters. The molecule has 0 rings (SSSR count). The fourth-order valence-corrected chi connectivity index (χ4v) is 0. The Morgan fingerprint density at radius 2 is 1.00 bits per heavy atom. The maximum absolute atomic E-state index is 9.17. The first-order valence-corrected chi connectivity index (χ1v) is 2.39. The topological polar surface area (TPSA) is 98.2 Å². The minimum Gasteiger partial charge on any atom is -0.854 e. The van der Waals surface area contributed by atoms with Crippen LogP contribution >= 0.6 is 0 Å². The van der Waals surface area contributed by atoms with Crippen LogP contribution in [-0.2, 0) is 17.1 Å². The predicted molar refractivity (Wildman–Crippen MR) is 27.8 cm³/mol. The first-order valence-electron chi connectivity index (χ1n) is 2.39. The van der Waals surface area contributed by atoms with E-state index in [2.05, 4.69) is 0 Å². The van der Waals surface area contributed by atoms with Crippen LogP contribution in [0.15, 0.2) is 0 Å². The zero-order valence-corrected chi connectivity index (χ0v) is 6.04. The summed E-state index contributed by atoms with van der Waals surface area (Å²) in [4.78, 5) is 0. The second-order valence-corrected chi connectivity index (χ2v) is 0.986. The van der Waals surface area contributed by atoms with Crippen LogP contribution in [0.3, 0.4) is 0 Å². The van der Waals surface area contributed by atoms with E-state index in [0.717, 1.165) is 0 Å². The van der Waals surface area contributed by atoms with Crippen molar-refractivity contribution in [2.24, 2.45) is 11.5 Å². The van der Waals surface area contributed by atoms with Gasteiger partial charge in [0.05, 0.1) is 0 Å². The van der Waals surface area contributed by atoms with Crippen LogP contribution in [-0.4, -0.2) is 26.3 Å². The van der Waals surface area contributed by atoms with Crippen LogP contribution in [0, 0.1) is 0 Å². The summed E-state index contributed by atoms with van der Waals surface area (Å²) in [7, 11) is 0. The summed E-state index contributed by atoms with van der Waals surface area (Å²) >= 11 is 0. The smallest absolute Gasteiger partial charge is 0.854 e. The van der Waals surface area contributed by atoms with Gasteiger partial charge in [-0.1, -0.05) is 0 Å². The molecular formula is C4H12CuN2O2. The number of nitrogens with two attached hydrogens (primary N) is 2. The third-order valence-electron chi connectivity index (χ3n) is 0.236. The molecule has 0 atom stereocenters. The molecule has 0 aliphatic heterocycles. The molecule has 1 radical (unpaired) electrons. The summed E-state index contributed by atoms with van der Waals surface area (Å²) in [5, 5.41) is 18.3. The van der Waals surface area contributed by atoms with Crippen molar-refractivity contribution in [1.29, 1.82) is 0 Å². The van der Waals surface area contributed by atoms with E-state index in [4.69, 9.17) is 11.5 Å². The van der Waals surface area contributed by atoms with Gasteiger partial charge < -0.3 is 21.7 Å². The van der Waals surface area contributed by atoms with E-state index in [0.29, 0.717) is 0 Å². The molecule has 0 bridgehead atoms. The molecule has 0 aromatic carbocycles. The monoisotopic (exact) mass is 183 g/mol. The maximum Gasteiger partial charge on any atom is 2.00 e. The summed E-state index contributed by atoms with van der Waals surface area (Å²) in [5.74, 6) is 0. The molecule has 0 aromatic rings. The molecule has 0 spiro atoms. The molecule has 4 N–H and O–H groups in total. The maximum atomic E-state index is 9.17. The number of hydrogen-bond donors (Lipinski definition) is 2. The molecule has 4 nitrogen and oxygen atoms in total. The van der Waals surface area contributed by atoms with E-state index in [1.165, 1.54) is 0 Å². The first-order chi connectivity index (χ1) is 3.83.